The van der Waals surface area contributed by atoms with Crippen molar-refractivity contribution in [2.45, 2.75) is 0 Å². The van der Waals surface area contributed by atoms with E-state index >= 15 is 0 Å². The molecule has 3 rings (SSSR count). The summed E-state index contributed by atoms with van der Waals surface area (Å²) in [6.45, 7) is 0. The fourth-order valence-corrected chi connectivity index (χ4v) is 3.24. The summed E-state index contributed by atoms with van der Waals surface area (Å²) < 4.78 is 1.00. The highest BCUT2D eigenvalue weighted by molar-refractivity contribution is 9.10. The largest absolute Gasteiger partial charge is 0.366 e. The molecule has 7 heteroatoms. The van der Waals surface area contributed by atoms with Gasteiger partial charge in [0.05, 0.1) is 5.69 Å². The number of thiazole rings is 1. The molecule has 2 aromatic carbocycles. The Morgan fingerprint density at radius 1 is 1.19 bits per heavy atom. The van der Waals surface area contributed by atoms with E-state index in [0.717, 1.165) is 21.4 Å². The molecule has 0 aliphatic rings. The van der Waals surface area contributed by atoms with E-state index in [1.165, 1.54) is 11.3 Å². The zero-order valence-corrected chi connectivity index (χ0v) is 15.8. The summed E-state index contributed by atoms with van der Waals surface area (Å²) in [4.78, 5) is 15.6. The van der Waals surface area contributed by atoms with Crippen LogP contribution >= 0.6 is 27.3 Å². The average molecular weight is 425 g/mol. The van der Waals surface area contributed by atoms with Crippen LogP contribution in [0.5, 0.6) is 0 Å². The minimum Gasteiger partial charge on any atom is -0.366 e. The van der Waals surface area contributed by atoms with Crippen molar-refractivity contribution in [1.29, 1.82) is 5.26 Å². The van der Waals surface area contributed by atoms with Gasteiger partial charge >= 0.3 is 0 Å². The molecule has 128 valence electrons. The van der Waals surface area contributed by atoms with Gasteiger partial charge in [0.15, 0.2) is 0 Å². The summed E-state index contributed by atoms with van der Waals surface area (Å²) in [7, 11) is 0. The summed E-state index contributed by atoms with van der Waals surface area (Å²) in [5.74, 6) is -0.479. The molecule has 1 amide bonds. The third-order valence-electron chi connectivity index (χ3n) is 3.55. The Bertz CT molecular complexity index is 1000. The molecule has 0 unspecified atom stereocenters. The van der Waals surface area contributed by atoms with Crippen LogP contribution in [0, 0.1) is 11.3 Å². The molecule has 0 bridgehead atoms. The molecule has 1 heterocycles. The van der Waals surface area contributed by atoms with E-state index in [2.05, 4.69) is 32.3 Å². The predicted octanol–water partition coefficient (Wildman–Crippen LogP) is 4.65. The molecule has 3 N–H and O–H groups in total. The van der Waals surface area contributed by atoms with E-state index in [1.807, 2.05) is 29.6 Å². The lowest BCUT2D eigenvalue weighted by Gasteiger charge is -2.02. The molecule has 0 atom stereocenters. The molecular weight excluding hydrogens is 412 g/mol. The first-order valence-electron chi connectivity index (χ1n) is 7.55. The number of nitriles is 1. The van der Waals surface area contributed by atoms with E-state index in [4.69, 9.17) is 5.73 Å². The smallest absolute Gasteiger partial charge is 0.248 e. The van der Waals surface area contributed by atoms with Crippen LogP contribution in [0.25, 0.3) is 16.8 Å². The van der Waals surface area contributed by atoms with E-state index in [-0.39, 0.29) is 0 Å². The van der Waals surface area contributed by atoms with Gasteiger partial charge in [-0.25, -0.2) is 4.98 Å². The number of aromatic nitrogens is 1. The van der Waals surface area contributed by atoms with Crippen LogP contribution in [-0.4, -0.2) is 10.9 Å². The van der Waals surface area contributed by atoms with Crippen LogP contribution < -0.4 is 11.1 Å². The maximum absolute atomic E-state index is 11.1. The minimum absolute atomic E-state index is 0.428. The average Bonchev–Trinajstić information content (AvgIpc) is 3.13. The summed E-state index contributed by atoms with van der Waals surface area (Å²) in [6.07, 6.45) is 1.60. The van der Waals surface area contributed by atoms with E-state index in [9.17, 15) is 10.1 Å². The number of nitrogens with one attached hydrogen (secondary N) is 1. The molecule has 3 aromatic rings. The molecular formula is C19H13BrN4OS. The third kappa shape index (κ3) is 4.17. The highest BCUT2D eigenvalue weighted by Gasteiger charge is 2.09. The van der Waals surface area contributed by atoms with Crippen molar-refractivity contribution < 1.29 is 4.79 Å². The zero-order valence-electron chi connectivity index (χ0n) is 13.4. The number of hydrogen-bond donors (Lipinski definition) is 2. The molecule has 5 nitrogen and oxygen atoms in total. The fourth-order valence-electron chi connectivity index (χ4n) is 2.18. The normalized spacial score (nSPS) is 11.0. The molecule has 0 fully saturated rings. The molecule has 0 aliphatic heterocycles. The van der Waals surface area contributed by atoms with Gasteiger partial charge in [0, 0.05) is 32.9 Å². The first kappa shape index (κ1) is 17.9. The summed E-state index contributed by atoms with van der Waals surface area (Å²) in [6, 6.07) is 16.7. The lowest BCUT2D eigenvalue weighted by Crippen LogP contribution is -2.10. The number of nitrogens with two attached hydrogens (primary N) is 1. The maximum Gasteiger partial charge on any atom is 0.248 e. The molecule has 26 heavy (non-hydrogen) atoms. The van der Waals surface area contributed by atoms with Crippen molar-refractivity contribution in [1.82, 2.24) is 4.98 Å². The number of allylic oxidation sites excluding steroid dienone is 1. The monoisotopic (exact) mass is 424 g/mol. The van der Waals surface area contributed by atoms with Gasteiger partial charge in [0.2, 0.25) is 5.91 Å². The van der Waals surface area contributed by atoms with Crippen LogP contribution in [0.2, 0.25) is 0 Å². The van der Waals surface area contributed by atoms with Crippen LogP contribution in [0.1, 0.15) is 15.4 Å². The van der Waals surface area contributed by atoms with Crippen molar-refractivity contribution in [2.24, 2.45) is 5.73 Å². The van der Waals surface area contributed by atoms with E-state index in [0.29, 0.717) is 16.1 Å². The SMILES string of the molecule is N#C/C(=C/Nc1ccc(C(N)=O)cc1)c1nc(-c2ccc(Br)cc2)cs1. The zero-order chi connectivity index (χ0) is 18.5. The maximum atomic E-state index is 11.1. The van der Waals surface area contributed by atoms with E-state index < -0.39 is 5.91 Å². The number of amides is 1. The van der Waals surface area contributed by atoms with E-state index in [1.54, 1.807) is 30.5 Å². The van der Waals surface area contributed by atoms with Gasteiger partial charge in [-0.3, -0.25) is 4.79 Å². The minimum atomic E-state index is -0.479. The summed E-state index contributed by atoms with van der Waals surface area (Å²) in [5.41, 5.74) is 8.63. The second-order valence-corrected chi connectivity index (χ2v) is 7.07. The Morgan fingerprint density at radius 2 is 1.88 bits per heavy atom. The number of nitrogens with zero attached hydrogens (tertiary/aromatic N) is 2. The standard InChI is InChI=1S/C19H13BrN4OS/c20-15-5-1-12(2-6-15)17-11-26-19(24-17)14(9-21)10-23-16-7-3-13(4-8-16)18(22)25/h1-8,10-11,23H,(H2,22,25)/b14-10-. The Balaban J connectivity index is 1.78. The number of hydrogen-bond acceptors (Lipinski definition) is 5. The highest BCUT2D eigenvalue weighted by Crippen LogP contribution is 2.27. The van der Waals surface area contributed by atoms with Crippen molar-refractivity contribution in [3.63, 3.8) is 0 Å². The van der Waals surface area contributed by atoms with Crippen LogP contribution in [0.15, 0.2) is 64.6 Å². The molecule has 0 aliphatic carbocycles. The first-order valence-corrected chi connectivity index (χ1v) is 9.22. The van der Waals surface area contributed by atoms with Crippen molar-refractivity contribution in [3.05, 3.63) is 75.2 Å². The van der Waals surface area contributed by atoms with Crippen molar-refractivity contribution in [2.75, 3.05) is 5.32 Å². The topological polar surface area (TPSA) is 91.8 Å². The summed E-state index contributed by atoms with van der Waals surface area (Å²) in [5, 5.41) is 15.0. The lowest BCUT2D eigenvalue weighted by molar-refractivity contribution is 0.100. The van der Waals surface area contributed by atoms with Gasteiger partial charge in [0.25, 0.3) is 0 Å². The van der Waals surface area contributed by atoms with Gasteiger partial charge in [-0.05, 0) is 36.4 Å². The molecule has 0 radical (unpaired) electrons. The molecule has 0 spiro atoms. The van der Waals surface area contributed by atoms with Crippen molar-refractivity contribution >= 4 is 44.4 Å². The quantitative estimate of drug-likeness (QED) is 0.583. The number of rotatable bonds is 5. The first-order chi connectivity index (χ1) is 12.6. The second kappa shape index (κ2) is 7.95. The van der Waals surface area contributed by atoms with Gasteiger partial charge in [0.1, 0.15) is 16.6 Å². The fraction of sp³-hybridized carbons (Fsp3) is 0. The lowest BCUT2D eigenvalue weighted by atomic mass is 10.2. The Morgan fingerprint density at radius 3 is 2.50 bits per heavy atom. The van der Waals surface area contributed by atoms with Gasteiger partial charge in [-0.1, -0.05) is 28.1 Å². The van der Waals surface area contributed by atoms with Crippen LogP contribution in [0.3, 0.4) is 0 Å². The number of halogens is 1. The Labute approximate surface area is 162 Å². The van der Waals surface area contributed by atoms with Crippen LogP contribution in [-0.2, 0) is 0 Å². The molecule has 1 aromatic heterocycles. The number of benzene rings is 2. The second-order valence-electron chi connectivity index (χ2n) is 5.30. The number of carbonyl (C=O) groups excluding carboxylic acids is 1. The van der Waals surface area contributed by atoms with Crippen molar-refractivity contribution in [3.8, 4) is 17.3 Å². The number of primary amides is 1. The predicted molar refractivity (Wildman–Crippen MR) is 107 cm³/mol. The summed E-state index contributed by atoms with van der Waals surface area (Å²) >= 11 is 4.82. The van der Waals surface area contributed by atoms with Gasteiger partial charge in [-0.2, -0.15) is 5.26 Å². The highest BCUT2D eigenvalue weighted by atomic mass is 79.9. The van der Waals surface area contributed by atoms with Gasteiger partial charge < -0.3 is 11.1 Å². The van der Waals surface area contributed by atoms with Gasteiger partial charge in [-0.15, -0.1) is 11.3 Å². The molecule has 0 saturated heterocycles. The third-order valence-corrected chi connectivity index (χ3v) is 4.95. The molecule has 0 saturated carbocycles. The Kier molecular flexibility index (Phi) is 5.46. The number of anilines is 1. The number of carbonyl (C=O) groups is 1. The Hall–Kier alpha value is -2.95. The van der Waals surface area contributed by atoms with Crippen LogP contribution in [0.4, 0.5) is 5.69 Å².